The molecule has 0 N–H and O–H groups in total. The van der Waals surface area contributed by atoms with Crippen molar-refractivity contribution in [2.45, 2.75) is 26.2 Å². The second-order valence-electron chi connectivity index (χ2n) is 2.31. The summed E-state index contributed by atoms with van der Waals surface area (Å²) >= 11 is 0. The second-order valence-corrected chi connectivity index (χ2v) is 2.31. The smallest absolute Gasteiger partial charge is 0.154 e. The van der Waals surface area contributed by atoms with E-state index in [0.29, 0.717) is 19.3 Å². The van der Waals surface area contributed by atoms with Crippen molar-refractivity contribution in [3.63, 3.8) is 0 Å². The third kappa shape index (κ3) is 3.15. The average Bonchev–Trinajstić information content (AvgIpc) is 2.67. The summed E-state index contributed by atoms with van der Waals surface area (Å²) in [7, 11) is 0. The third-order valence-electron chi connectivity index (χ3n) is 1.32. The standard InChI is InChI=1S/C7H14O3/c1-3-8-6(2)9-4-7-5-10-7/h6-7H,3-5H2,1-2H3/t6-,7+/m1/s1. The number of rotatable bonds is 5. The molecule has 1 aliphatic rings. The lowest BCUT2D eigenvalue weighted by Crippen LogP contribution is -2.15. The van der Waals surface area contributed by atoms with Gasteiger partial charge in [-0.15, -0.1) is 0 Å². The van der Waals surface area contributed by atoms with Crippen LogP contribution in [0.3, 0.4) is 0 Å². The van der Waals surface area contributed by atoms with E-state index in [-0.39, 0.29) is 6.29 Å². The predicted octanol–water partition coefficient (Wildman–Crippen LogP) is 0.784. The molecule has 60 valence electrons. The van der Waals surface area contributed by atoms with Crippen molar-refractivity contribution < 1.29 is 14.2 Å². The molecule has 10 heavy (non-hydrogen) atoms. The van der Waals surface area contributed by atoms with Crippen LogP contribution >= 0.6 is 0 Å². The summed E-state index contributed by atoms with van der Waals surface area (Å²) in [6, 6.07) is 0. The average molecular weight is 146 g/mol. The van der Waals surface area contributed by atoms with E-state index in [1.54, 1.807) is 0 Å². The number of epoxide rings is 1. The fraction of sp³-hybridized carbons (Fsp3) is 1.00. The minimum Gasteiger partial charge on any atom is -0.371 e. The van der Waals surface area contributed by atoms with E-state index in [1.807, 2.05) is 13.8 Å². The zero-order valence-corrected chi connectivity index (χ0v) is 6.50. The van der Waals surface area contributed by atoms with Gasteiger partial charge >= 0.3 is 0 Å². The number of ether oxygens (including phenoxy) is 3. The van der Waals surface area contributed by atoms with E-state index >= 15 is 0 Å². The van der Waals surface area contributed by atoms with Gasteiger partial charge < -0.3 is 14.2 Å². The minimum absolute atomic E-state index is 0.0887. The molecule has 0 bridgehead atoms. The Kier molecular flexibility index (Phi) is 3.12. The summed E-state index contributed by atoms with van der Waals surface area (Å²) in [5.41, 5.74) is 0. The Morgan fingerprint density at radius 2 is 2.30 bits per heavy atom. The summed E-state index contributed by atoms with van der Waals surface area (Å²) in [5.74, 6) is 0. The molecule has 1 fully saturated rings. The van der Waals surface area contributed by atoms with Crippen molar-refractivity contribution >= 4 is 0 Å². The zero-order valence-electron chi connectivity index (χ0n) is 6.50. The molecule has 0 aromatic heterocycles. The fourth-order valence-corrected chi connectivity index (χ4v) is 0.690. The minimum atomic E-state index is -0.0887. The van der Waals surface area contributed by atoms with Crippen molar-refractivity contribution in [2.24, 2.45) is 0 Å². The lowest BCUT2D eigenvalue weighted by Gasteiger charge is -2.10. The highest BCUT2D eigenvalue weighted by molar-refractivity contribution is 4.67. The Labute approximate surface area is 61.3 Å². The van der Waals surface area contributed by atoms with Gasteiger partial charge in [-0.1, -0.05) is 0 Å². The van der Waals surface area contributed by atoms with Crippen molar-refractivity contribution in [3.05, 3.63) is 0 Å². The molecule has 0 spiro atoms. The first-order valence-corrected chi connectivity index (χ1v) is 3.67. The van der Waals surface area contributed by atoms with Gasteiger partial charge in [-0.3, -0.25) is 0 Å². The van der Waals surface area contributed by atoms with E-state index in [2.05, 4.69) is 0 Å². The first kappa shape index (κ1) is 7.98. The van der Waals surface area contributed by atoms with Crippen molar-refractivity contribution in [1.29, 1.82) is 0 Å². The highest BCUT2D eigenvalue weighted by Gasteiger charge is 2.23. The summed E-state index contributed by atoms with van der Waals surface area (Å²) < 4.78 is 15.4. The maximum absolute atomic E-state index is 5.26. The van der Waals surface area contributed by atoms with Gasteiger partial charge in [0.1, 0.15) is 6.10 Å². The first-order chi connectivity index (χ1) is 4.83. The first-order valence-electron chi connectivity index (χ1n) is 3.67. The fourth-order valence-electron chi connectivity index (χ4n) is 0.690. The van der Waals surface area contributed by atoms with Crippen LogP contribution in [-0.4, -0.2) is 32.2 Å². The van der Waals surface area contributed by atoms with Crippen LogP contribution < -0.4 is 0 Å². The van der Waals surface area contributed by atoms with Crippen LogP contribution in [0.5, 0.6) is 0 Å². The van der Waals surface area contributed by atoms with Crippen LogP contribution in [-0.2, 0) is 14.2 Å². The quantitative estimate of drug-likeness (QED) is 0.424. The summed E-state index contributed by atoms with van der Waals surface area (Å²) in [5, 5.41) is 0. The van der Waals surface area contributed by atoms with E-state index < -0.39 is 0 Å². The Hall–Kier alpha value is -0.120. The molecule has 3 nitrogen and oxygen atoms in total. The molecule has 1 aliphatic heterocycles. The number of hydrogen-bond donors (Lipinski definition) is 0. The van der Waals surface area contributed by atoms with E-state index in [1.165, 1.54) is 0 Å². The van der Waals surface area contributed by atoms with Crippen LogP contribution in [0.2, 0.25) is 0 Å². The Morgan fingerprint density at radius 1 is 1.60 bits per heavy atom. The topological polar surface area (TPSA) is 31.0 Å². The molecule has 1 saturated heterocycles. The van der Waals surface area contributed by atoms with Crippen LogP contribution in [0.25, 0.3) is 0 Å². The zero-order chi connectivity index (χ0) is 7.40. The molecular formula is C7H14O3. The van der Waals surface area contributed by atoms with Crippen molar-refractivity contribution in [1.82, 2.24) is 0 Å². The van der Waals surface area contributed by atoms with E-state index in [4.69, 9.17) is 14.2 Å². The summed E-state index contributed by atoms with van der Waals surface area (Å²) in [6.07, 6.45) is 0.247. The molecule has 1 rings (SSSR count). The highest BCUT2D eigenvalue weighted by Crippen LogP contribution is 2.09. The van der Waals surface area contributed by atoms with Crippen LogP contribution in [0.15, 0.2) is 0 Å². The maximum Gasteiger partial charge on any atom is 0.154 e. The lowest BCUT2D eigenvalue weighted by atomic mass is 10.5. The molecule has 0 radical (unpaired) electrons. The van der Waals surface area contributed by atoms with Crippen molar-refractivity contribution in [3.8, 4) is 0 Å². The number of hydrogen-bond acceptors (Lipinski definition) is 3. The SMILES string of the molecule is CCO[C@@H](C)OC[C@H]1CO1. The molecule has 1 heterocycles. The molecule has 0 saturated carbocycles. The second kappa shape index (κ2) is 3.91. The monoisotopic (exact) mass is 146 g/mol. The van der Waals surface area contributed by atoms with Gasteiger partial charge in [-0.05, 0) is 13.8 Å². The molecule has 0 unspecified atom stereocenters. The van der Waals surface area contributed by atoms with Crippen LogP contribution in [0.1, 0.15) is 13.8 Å². The normalized spacial score (nSPS) is 26.4. The van der Waals surface area contributed by atoms with Gasteiger partial charge in [0.05, 0.1) is 13.2 Å². The highest BCUT2D eigenvalue weighted by atomic mass is 16.7. The molecular weight excluding hydrogens is 132 g/mol. The van der Waals surface area contributed by atoms with Gasteiger partial charge in [0, 0.05) is 6.61 Å². The Balaban J connectivity index is 1.89. The van der Waals surface area contributed by atoms with E-state index in [9.17, 15) is 0 Å². The van der Waals surface area contributed by atoms with Gasteiger partial charge in [-0.25, -0.2) is 0 Å². The van der Waals surface area contributed by atoms with Gasteiger partial charge in [0.2, 0.25) is 0 Å². The molecule has 0 aliphatic carbocycles. The Bertz CT molecular complexity index is 90.9. The molecule has 3 heteroatoms. The van der Waals surface area contributed by atoms with Gasteiger partial charge in [0.25, 0.3) is 0 Å². The van der Waals surface area contributed by atoms with E-state index in [0.717, 1.165) is 6.61 Å². The summed E-state index contributed by atoms with van der Waals surface area (Å²) in [4.78, 5) is 0. The lowest BCUT2D eigenvalue weighted by molar-refractivity contribution is -0.129. The van der Waals surface area contributed by atoms with Crippen LogP contribution in [0.4, 0.5) is 0 Å². The predicted molar refractivity (Wildman–Crippen MR) is 36.8 cm³/mol. The molecule has 0 aromatic rings. The van der Waals surface area contributed by atoms with Crippen molar-refractivity contribution in [2.75, 3.05) is 19.8 Å². The molecule has 0 aromatic carbocycles. The summed E-state index contributed by atoms with van der Waals surface area (Å²) in [6.45, 7) is 6.06. The van der Waals surface area contributed by atoms with Gasteiger partial charge in [0.15, 0.2) is 6.29 Å². The largest absolute Gasteiger partial charge is 0.371 e. The Morgan fingerprint density at radius 3 is 2.80 bits per heavy atom. The maximum atomic E-state index is 5.26. The molecule has 2 atom stereocenters. The van der Waals surface area contributed by atoms with Gasteiger partial charge in [-0.2, -0.15) is 0 Å². The third-order valence-corrected chi connectivity index (χ3v) is 1.32. The molecule has 0 amide bonds. The van der Waals surface area contributed by atoms with Crippen LogP contribution in [0, 0.1) is 0 Å².